The minimum atomic E-state index is -1.01. The molecule has 1 atom stereocenters. The van der Waals surface area contributed by atoms with Gasteiger partial charge in [0, 0.05) is 6.54 Å². The number of carboxylic acid groups (broad SMARTS) is 1. The molecule has 1 amide bonds. The summed E-state index contributed by atoms with van der Waals surface area (Å²) in [6, 6.07) is 9.80. The van der Waals surface area contributed by atoms with Gasteiger partial charge in [0.2, 0.25) is 5.91 Å². The highest BCUT2D eigenvalue weighted by Crippen LogP contribution is 2.19. The highest BCUT2D eigenvalue weighted by Gasteiger charge is 2.28. The van der Waals surface area contributed by atoms with Crippen LogP contribution in [0.25, 0.3) is 0 Å². The Morgan fingerprint density at radius 3 is 2.70 bits per heavy atom. The number of carboxylic acids is 1. The van der Waals surface area contributed by atoms with Crippen molar-refractivity contribution in [3.8, 4) is 0 Å². The molecular weight excluding hydrogens is 256 g/mol. The van der Waals surface area contributed by atoms with Crippen molar-refractivity contribution in [3.63, 3.8) is 0 Å². The van der Waals surface area contributed by atoms with Gasteiger partial charge in [0.05, 0.1) is 6.04 Å². The maximum Gasteiger partial charge on any atom is 0.322 e. The van der Waals surface area contributed by atoms with E-state index in [0.29, 0.717) is 0 Å². The zero-order valence-electron chi connectivity index (χ0n) is 11.4. The van der Waals surface area contributed by atoms with Gasteiger partial charge in [-0.1, -0.05) is 36.8 Å². The molecule has 5 nitrogen and oxygen atoms in total. The van der Waals surface area contributed by atoms with E-state index in [2.05, 4.69) is 10.2 Å². The smallest absolute Gasteiger partial charge is 0.322 e. The predicted molar refractivity (Wildman–Crippen MR) is 75.1 cm³/mol. The minimum absolute atomic E-state index is 0.178. The summed E-state index contributed by atoms with van der Waals surface area (Å²) in [4.78, 5) is 24.8. The number of benzene rings is 1. The highest BCUT2D eigenvalue weighted by molar-refractivity contribution is 5.85. The molecule has 108 valence electrons. The van der Waals surface area contributed by atoms with Gasteiger partial charge in [0.25, 0.3) is 0 Å². The van der Waals surface area contributed by atoms with Crippen molar-refractivity contribution in [1.82, 2.24) is 10.2 Å². The molecule has 1 heterocycles. The Hall–Kier alpha value is -1.88. The van der Waals surface area contributed by atoms with Gasteiger partial charge in [-0.25, -0.2) is 0 Å². The fourth-order valence-electron chi connectivity index (χ4n) is 2.58. The number of likely N-dealkylation sites (tertiary alicyclic amines) is 1. The molecule has 0 saturated carbocycles. The lowest BCUT2D eigenvalue weighted by Gasteiger charge is -2.34. The monoisotopic (exact) mass is 276 g/mol. The standard InChI is InChI=1S/C15H20N2O3/c18-14(19)10-16-15(20)13-8-4-5-9-17(13)11-12-6-2-1-3-7-12/h1-3,6-7,13H,4-5,8-11H2,(H,16,20)(H,18,19). The first-order valence-corrected chi connectivity index (χ1v) is 6.94. The lowest BCUT2D eigenvalue weighted by atomic mass is 10.0. The molecule has 2 N–H and O–H groups in total. The molecule has 1 fully saturated rings. The molecule has 0 aromatic heterocycles. The van der Waals surface area contributed by atoms with Crippen LogP contribution in [0.5, 0.6) is 0 Å². The summed E-state index contributed by atoms with van der Waals surface area (Å²) < 4.78 is 0. The van der Waals surface area contributed by atoms with E-state index in [1.54, 1.807) is 0 Å². The summed E-state index contributed by atoms with van der Waals surface area (Å²) in [6.07, 6.45) is 2.88. The Morgan fingerprint density at radius 1 is 1.25 bits per heavy atom. The van der Waals surface area contributed by atoms with E-state index in [1.807, 2.05) is 30.3 Å². The summed E-state index contributed by atoms with van der Waals surface area (Å²) in [7, 11) is 0. The molecule has 1 aromatic rings. The van der Waals surface area contributed by atoms with Gasteiger partial charge in [-0.15, -0.1) is 0 Å². The molecule has 0 radical (unpaired) electrons. The zero-order valence-corrected chi connectivity index (χ0v) is 11.4. The van der Waals surface area contributed by atoms with Crippen LogP contribution in [0.4, 0.5) is 0 Å². The van der Waals surface area contributed by atoms with E-state index in [0.717, 1.165) is 32.4 Å². The van der Waals surface area contributed by atoms with Crippen molar-refractivity contribution in [1.29, 1.82) is 0 Å². The largest absolute Gasteiger partial charge is 0.480 e. The molecule has 1 aliphatic rings. The van der Waals surface area contributed by atoms with E-state index in [-0.39, 0.29) is 18.5 Å². The van der Waals surface area contributed by atoms with E-state index in [9.17, 15) is 9.59 Å². The topological polar surface area (TPSA) is 69.6 Å². The predicted octanol–water partition coefficient (Wildman–Crippen LogP) is 1.24. The molecule has 0 aliphatic carbocycles. The van der Waals surface area contributed by atoms with Crippen LogP contribution in [0.1, 0.15) is 24.8 Å². The van der Waals surface area contributed by atoms with Crippen LogP contribution in [0.3, 0.4) is 0 Å². The van der Waals surface area contributed by atoms with Crippen molar-refractivity contribution in [2.75, 3.05) is 13.1 Å². The number of hydrogen-bond acceptors (Lipinski definition) is 3. The van der Waals surface area contributed by atoms with Gasteiger partial charge < -0.3 is 10.4 Å². The first-order chi connectivity index (χ1) is 9.66. The second kappa shape index (κ2) is 7.05. The molecule has 20 heavy (non-hydrogen) atoms. The number of hydrogen-bond donors (Lipinski definition) is 2. The minimum Gasteiger partial charge on any atom is -0.480 e. The Morgan fingerprint density at radius 2 is 2.00 bits per heavy atom. The second-order valence-electron chi connectivity index (χ2n) is 5.08. The third-order valence-electron chi connectivity index (χ3n) is 3.56. The Kier molecular flexibility index (Phi) is 5.12. The average Bonchev–Trinajstić information content (AvgIpc) is 2.46. The van der Waals surface area contributed by atoms with E-state index in [1.165, 1.54) is 5.56 Å². The average molecular weight is 276 g/mol. The summed E-state index contributed by atoms with van der Waals surface area (Å²) in [5, 5.41) is 11.1. The lowest BCUT2D eigenvalue weighted by Crippen LogP contribution is -2.49. The molecular formula is C15H20N2O3. The van der Waals surface area contributed by atoms with Crippen molar-refractivity contribution in [3.05, 3.63) is 35.9 Å². The molecule has 1 unspecified atom stereocenters. The molecule has 0 bridgehead atoms. The number of rotatable bonds is 5. The molecule has 1 aromatic carbocycles. The maximum absolute atomic E-state index is 12.1. The fraction of sp³-hybridized carbons (Fsp3) is 0.467. The molecule has 1 saturated heterocycles. The summed E-state index contributed by atoms with van der Waals surface area (Å²) in [5.41, 5.74) is 1.17. The quantitative estimate of drug-likeness (QED) is 0.849. The van der Waals surface area contributed by atoms with Crippen LogP contribution in [0.2, 0.25) is 0 Å². The van der Waals surface area contributed by atoms with E-state index >= 15 is 0 Å². The summed E-state index contributed by atoms with van der Waals surface area (Å²) in [6.45, 7) is 1.29. The number of carbonyl (C=O) groups is 2. The first kappa shape index (κ1) is 14.5. The van der Waals surface area contributed by atoms with Gasteiger partial charge in [0.1, 0.15) is 6.54 Å². The zero-order chi connectivity index (χ0) is 14.4. The Labute approximate surface area is 118 Å². The highest BCUT2D eigenvalue weighted by atomic mass is 16.4. The van der Waals surface area contributed by atoms with Crippen LogP contribution >= 0.6 is 0 Å². The number of aliphatic carboxylic acids is 1. The Bertz CT molecular complexity index is 461. The SMILES string of the molecule is O=C(O)CNC(=O)C1CCCCN1Cc1ccccc1. The van der Waals surface area contributed by atoms with Crippen molar-refractivity contribution in [2.45, 2.75) is 31.8 Å². The van der Waals surface area contributed by atoms with Gasteiger partial charge in [-0.3, -0.25) is 14.5 Å². The van der Waals surface area contributed by atoms with E-state index < -0.39 is 5.97 Å². The second-order valence-corrected chi connectivity index (χ2v) is 5.08. The molecule has 5 heteroatoms. The molecule has 0 spiro atoms. The van der Waals surface area contributed by atoms with Crippen molar-refractivity contribution in [2.24, 2.45) is 0 Å². The van der Waals surface area contributed by atoms with Gasteiger partial charge >= 0.3 is 5.97 Å². The van der Waals surface area contributed by atoms with Crippen LogP contribution in [0, 0.1) is 0 Å². The number of amides is 1. The van der Waals surface area contributed by atoms with E-state index in [4.69, 9.17) is 5.11 Å². The maximum atomic E-state index is 12.1. The first-order valence-electron chi connectivity index (χ1n) is 6.94. The van der Waals surface area contributed by atoms with Gasteiger partial charge in [-0.05, 0) is 24.9 Å². The van der Waals surface area contributed by atoms with Crippen molar-refractivity contribution < 1.29 is 14.7 Å². The fourth-order valence-corrected chi connectivity index (χ4v) is 2.58. The summed E-state index contributed by atoms with van der Waals surface area (Å²) in [5.74, 6) is -1.19. The lowest BCUT2D eigenvalue weighted by molar-refractivity contribution is -0.139. The molecule has 1 aliphatic heterocycles. The normalized spacial score (nSPS) is 19.5. The number of piperidine rings is 1. The third-order valence-corrected chi connectivity index (χ3v) is 3.56. The number of nitrogens with zero attached hydrogens (tertiary/aromatic N) is 1. The third kappa shape index (κ3) is 4.06. The number of carbonyl (C=O) groups excluding carboxylic acids is 1. The molecule has 2 rings (SSSR count). The van der Waals surface area contributed by atoms with Crippen LogP contribution in [-0.2, 0) is 16.1 Å². The van der Waals surface area contributed by atoms with Crippen LogP contribution in [-0.4, -0.2) is 41.0 Å². The Balaban J connectivity index is 1.97. The van der Waals surface area contributed by atoms with Crippen LogP contribution in [0.15, 0.2) is 30.3 Å². The van der Waals surface area contributed by atoms with Gasteiger partial charge in [-0.2, -0.15) is 0 Å². The summed E-state index contributed by atoms with van der Waals surface area (Å²) >= 11 is 0. The van der Waals surface area contributed by atoms with Crippen LogP contribution < -0.4 is 5.32 Å². The number of nitrogens with one attached hydrogen (secondary N) is 1. The van der Waals surface area contributed by atoms with Gasteiger partial charge in [0.15, 0.2) is 0 Å². The van der Waals surface area contributed by atoms with Crippen molar-refractivity contribution >= 4 is 11.9 Å².